The molecule has 3 rings (SSSR count). The van der Waals surface area contributed by atoms with E-state index in [0.29, 0.717) is 21.8 Å². The minimum Gasteiger partial charge on any atom is -0.335 e. The average Bonchev–Trinajstić information content (AvgIpc) is 2.90. The molecule has 0 spiro atoms. The van der Waals surface area contributed by atoms with Gasteiger partial charge in [0.15, 0.2) is 0 Å². The fourth-order valence-corrected chi connectivity index (χ4v) is 3.58. The van der Waals surface area contributed by atoms with Crippen LogP contribution in [0, 0.1) is 0 Å². The number of amides is 2. The highest BCUT2D eigenvalue weighted by Gasteiger charge is 2.32. The zero-order chi connectivity index (χ0) is 14.8. The van der Waals surface area contributed by atoms with Crippen molar-refractivity contribution in [1.82, 2.24) is 10.2 Å². The van der Waals surface area contributed by atoms with Gasteiger partial charge in [0.1, 0.15) is 0 Å². The molecule has 0 radical (unpaired) electrons. The highest BCUT2D eigenvalue weighted by atomic mass is 35.5. The Balaban J connectivity index is 1.53. The van der Waals surface area contributed by atoms with Gasteiger partial charge in [0.2, 0.25) is 0 Å². The van der Waals surface area contributed by atoms with Gasteiger partial charge in [-0.2, -0.15) is 0 Å². The van der Waals surface area contributed by atoms with Crippen LogP contribution in [0.25, 0.3) is 0 Å². The summed E-state index contributed by atoms with van der Waals surface area (Å²) in [5.41, 5.74) is 0.653. The third-order valence-electron chi connectivity index (χ3n) is 4.33. The van der Waals surface area contributed by atoms with Crippen molar-refractivity contribution in [1.29, 1.82) is 0 Å². The van der Waals surface area contributed by atoms with E-state index in [0.717, 1.165) is 19.4 Å². The Morgan fingerprint density at radius 1 is 1.19 bits per heavy atom. The number of anilines is 1. The maximum atomic E-state index is 12.1. The monoisotopic (exact) mass is 327 g/mol. The lowest BCUT2D eigenvalue weighted by Gasteiger charge is -2.35. The molecule has 2 amide bonds. The molecular weight excluding hydrogens is 309 g/mol. The first-order chi connectivity index (χ1) is 10.1. The van der Waals surface area contributed by atoms with Gasteiger partial charge in [-0.05, 0) is 50.4 Å². The highest BCUT2D eigenvalue weighted by molar-refractivity contribution is 6.42. The maximum Gasteiger partial charge on any atom is 0.319 e. The van der Waals surface area contributed by atoms with E-state index < -0.39 is 0 Å². The summed E-state index contributed by atoms with van der Waals surface area (Å²) in [5, 5.41) is 6.79. The van der Waals surface area contributed by atoms with Crippen LogP contribution in [0.2, 0.25) is 10.0 Å². The second kappa shape index (κ2) is 6.42. The van der Waals surface area contributed by atoms with Gasteiger partial charge in [0.25, 0.3) is 0 Å². The first-order valence-corrected chi connectivity index (χ1v) is 8.14. The molecule has 0 saturated carbocycles. The molecule has 0 aliphatic carbocycles. The lowest BCUT2D eigenvalue weighted by atomic mass is 9.98. The van der Waals surface area contributed by atoms with E-state index in [1.807, 2.05) is 0 Å². The summed E-state index contributed by atoms with van der Waals surface area (Å²) in [6, 6.07) is 5.80. The number of carbonyl (C=O) groups is 1. The molecule has 2 atom stereocenters. The molecule has 0 unspecified atom stereocenters. The van der Waals surface area contributed by atoms with E-state index >= 15 is 0 Å². The molecule has 2 aliphatic rings. The van der Waals surface area contributed by atoms with Gasteiger partial charge >= 0.3 is 6.03 Å². The van der Waals surface area contributed by atoms with Crippen molar-refractivity contribution in [3.63, 3.8) is 0 Å². The standard InChI is InChI=1S/C15H19Cl2N3O/c16-13-4-3-10(9-14(13)17)18-15(21)19-11-5-7-20-6-1-2-12(20)8-11/h3-4,9,11-12H,1-2,5-8H2,(H2,18,19,21)/t11-,12-/m0/s1. The lowest BCUT2D eigenvalue weighted by Crippen LogP contribution is -2.48. The summed E-state index contributed by atoms with van der Waals surface area (Å²) in [5.74, 6) is 0. The molecular formula is C15H19Cl2N3O. The van der Waals surface area contributed by atoms with Crippen molar-refractivity contribution < 1.29 is 4.79 Å². The number of carbonyl (C=O) groups excluding carboxylic acids is 1. The molecule has 2 aliphatic heterocycles. The van der Waals surface area contributed by atoms with Crippen LogP contribution in [-0.2, 0) is 0 Å². The summed E-state index contributed by atoms with van der Waals surface area (Å²) in [7, 11) is 0. The zero-order valence-corrected chi connectivity index (χ0v) is 13.3. The number of hydrogen-bond donors (Lipinski definition) is 2. The number of nitrogens with zero attached hydrogens (tertiary/aromatic N) is 1. The summed E-state index contributed by atoms with van der Waals surface area (Å²) in [6.45, 7) is 2.30. The van der Waals surface area contributed by atoms with E-state index in [1.165, 1.54) is 19.4 Å². The van der Waals surface area contributed by atoms with Crippen molar-refractivity contribution >= 4 is 34.9 Å². The van der Waals surface area contributed by atoms with Gasteiger partial charge < -0.3 is 15.5 Å². The molecule has 0 aromatic heterocycles. The molecule has 1 aromatic rings. The molecule has 2 fully saturated rings. The molecule has 1 aromatic carbocycles. The first-order valence-electron chi connectivity index (χ1n) is 7.38. The quantitative estimate of drug-likeness (QED) is 0.869. The van der Waals surface area contributed by atoms with Crippen molar-refractivity contribution in [3.8, 4) is 0 Å². The van der Waals surface area contributed by atoms with Crippen molar-refractivity contribution in [2.75, 3.05) is 18.4 Å². The third-order valence-corrected chi connectivity index (χ3v) is 5.07. The van der Waals surface area contributed by atoms with Crippen LogP contribution in [-0.4, -0.2) is 36.1 Å². The van der Waals surface area contributed by atoms with Crippen LogP contribution in [0.5, 0.6) is 0 Å². The molecule has 0 bridgehead atoms. The molecule has 21 heavy (non-hydrogen) atoms. The smallest absolute Gasteiger partial charge is 0.319 e. The van der Waals surface area contributed by atoms with E-state index in [-0.39, 0.29) is 12.1 Å². The first kappa shape index (κ1) is 14.9. The Hall–Kier alpha value is -0.970. The molecule has 2 heterocycles. The van der Waals surface area contributed by atoms with Crippen LogP contribution in [0.15, 0.2) is 18.2 Å². The average molecular weight is 328 g/mol. The molecule has 6 heteroatoms. The Morgan fingerprint density at radius 3 is 2.86 bits per heavy atom. The number of hydrogen-bond acceptors (Lipinski definition) is 2. The topological polar surface area (TPSA) is 44.4 Å². The number of fused-ring (bicyclic) bond motifs is 1. The Bertz CT molecular complexity index is 538. The number of halogens is 2. The number of urea groups is 1. The normalized spacial score (nSPS) is 25.4. The molecule has 2 N–H and O–H groups in total. The van der Waals surface area contributed by atoms with E-state index in [1.54, 1.807) is 18.2 Å². The van der Waals surface area contributed by atoms with Crippen molar-refractivity contribution in [3.05, 3.63) is 28.2 Å². The van der Waals surface area contributed by atoms with Gasteiger partial charge in [0.05, 0.1) is 10.0 Å². The van der Waals surface area contributed by atoms with Gasteiger partial charge in [-0.1, -0.05) is 23.2 Å². The van der Waals surface area contributed by atoms with E-state index in [9.17, 15) is 4.79 Å². The van der Waals surface area contributed by atoms with Crippen molar-refractivity contribution in [2.24, 2.45) is 0 Å². The number of rotatable bonds is 2. The fourth-order valence-electron chi connectivity index (χ4n) is 3.28. The minimum absolute atomic E-state index is 0.176. The Kier molecular flexibility index (Phi) is 4.57. The van der Waals surface area contributed by atoms with Gasteiger partial charge in [-0.15, -0.1) is 0 Å². The summed E-state index contributed by atoms with van der Waals surface area (Å²) in [6.07, 6.45) is 4.61. The summed E-state index contributed by atoms with van der Waals surface area (Å²) >= 11 is 11.8. The molecule has 114 valence electrons. The predicted molar refractivity (Wildman–Crippen MR) is 86.2 cm³/mol. The summed E-state index contributed by atoms with van der Waals surface area (Å²) < 4.78 is 0. The minimum atomic E-state index is -0.176. The number of benzene rings is 1. The Labute approximate surface area is 134 Å². The SMILES string of the molecule is O=C(Nc1ccc(Cl)c(Cl)c1)N[C@H]1CCN2CCC[C@H]2C1. The number of piperidine rings is 1. The highest BCUT2D eigenvalue weighted by Crippen LogP contribution is 2.27. The largest absolute Gasteiger partial charge is 0.335 e. The fraction of sp³-hybridized carbons (Fsp3) is 0.533. The second-order valence-corrected chi connectivity index (χ2v) is 6.60. The summed E-state index contributed by atoms with van der Waals surface area (Å²) in [4.78, 5) is 14.6. The zero-order valence-electron chi connectivity index (χ0n) is 11.7. The van der Waals surface area contributed by atoms with Crippen molar-refractivity contribution in [2.45, 2.75) is 37.8 Å². The predicted octanol–water partition coefficient (Wildman–Crippen LogP) is 3.74. The van der Waals surface area contributed by atoms with Crippen LogP contribution in [0.1, 0.15) is 25.7 Å². The van der Waals surface area contributed by atoms with Gasteiger partial charge in [0, 0.05) is 24.3 Å². The maximum absolute atomic E-state index is 12.1. The Morgan fingerprint density at radius 2 is 2.05 bits per heavy atom. The van der Waals surface area contributed by atoms with Gasteiger partial charge in [-0.3, -0.25) is 0 Å². The van der Waals surface area contributed by atoms with Gasteiger partial charge in [-0.25, -0.2) is 4.79 Å². The van der Waals surface area contributed by atoms with E-state index in [2.05, 4.69) is 15.5 Å². The second-order valence-electron chi connectivity index (χ2n) is 5.78. The van der Waals surface area contributed by atoms with Crippen LogP contribution in [0.4, 0.5) is 10.5 Å². The molecule has 2 saturated heterocycles. The van der Waals surface area contributed by atoms with E-state index in [4.69, 9.17) is 23.2 Å². The lowest BCUT2D eigenvalue weighted by molar-refractivity contribution is 0.168. The third kappa shape index (κ3) is 3.62. The van der Waals surface area contributed by atoms with Crippen LogP contribution < -0.4 is 10.6 Å². The number of nitrogens with one attached hydrogen (secondary N) is 2. The van der Waals surface area contributed by atoms with Crippen LogP contribution >= 0.6 is 23.2 Å². The van der Waals surface area contributed by atoms with Crippen LogP contribution in [0.3, 0.4) is 0 Å². The molecule has 4 nitrogen and oxygen atoms in total.